The van der Waals surface area contributed by atoms with Crippen molar-refractivity contribution in [2.75, 3.05) is 6.61 Å². The van der Waals surface area contributed by atoms with Gasteiger partial charge in [0.15, 0.2) is 0 Å². The van der Waals surface area contributed by atoms with Gasteiger partial charge < -0.3 is 16.2 Å². The van der Waals surface area contributed by atoms with Gasteiger partial charge in [0.25, 0.3) is 0 Å². The number of primary amides is 1. The molecule has 0 spiro atoms. The number of carbonyl (C=O) groups is 1. The van der Waals surface area contributed by atoms with Crippen molar-refractivity contribution in [3.8, 4) is 0 Å². The molecular formula is C10H20N2O2. The Bertz CT molecular complexity index is 185. The Labute approximate surface area is 85.0 Å². The molecule has 0 aromatic rings. The third-order valence-corrected chi connectivity index (χ3v) is 2.68. The molecule has 0 aromatic heterocycles. The van der Waals surface area contributed by atoms with Crippen molar-refractivity contribution in [2.45, 2.75) is 50.7 Å². The molecule has 0 heterocycles. The molecule has 1 saturated carbocycles. The fourth-order valence-electron chi connectivity index (χ4n) is 1.82. The zero-order valence-corrected chi connectivity index (χ0v) is 8.58. The Morgan fingerprint density at radius 1 is 1.29 bits per heavy atom. The lowest BCUT2D eigenvalue weighted by molar-refractivity contribution is -0.119. The van der Waals surface area contributed by atoms with Crippen LogP contribution in [0.4, 0.5) is 0 Å². The van der Waals surface area contributed by atoms with Crippen molar-refractivity contribution >= 4 is 5.91 Å². The monoisotopic (exact) mass is 200 g/mol. The van der Waals surface area contributed by atoms with Gasteiger partial charge in [-0.05, 0) is 12.8 Å². The van der Waals surface area contributed by atoms with Gasteiger partial charge in [-0.3, -0.25) is 4.79 Å². The third-order valence-electron chi connectivity index (χ3n) is 2.68. The van der Waals surface area contributed by atoms with Crippen LogP contribution in [0.5, 0.6) is 0 Å². The predicted octanol–water partition coefficient (Wildman–Crippen LogP) is 0.538. The topological polar surface area (TPSA) is 78.3 Å². The van der Waals surface area contributed by atoms with Gasteiger partial charge >= 0.3 is 0 Å². The maximum absolute atomic E-state index is 10.5. The number of rotatable bonds is 4. The van der Waals surface area contributed by atoms with Crippen LogP contribution in [0.15, 0.2) is 0 Å². The van der Waals surface area contributed by atoms with Crippen molar-refractivity contribution < 1.29 is 9.53 Å². The molecule has 2 unspecified atom stereocenters. The molecule has 0 saturated heterocycles. The van der Waals surface area contributed by atoms with E-state index in [4.69, 9.17) is 16.2 Å². The van der Waals surface area contributed by atoms with Gasteiger partial charge in [-0.15, -0.1) is 0 Å². The van der Waals surface area contributed by atoms with E-state index in [1.807, 2.05) is 0 Å². The van der Waals surface area contributed by atoms with Gasteiger partial charge in [0.2, 0.25) is 5.91 Å². The molecule has 2 atom stereocenters. The highest BCUT2D eigenvalue weighted by molar-refractivity contribution is 5.73. The summed E-state index contributed by atoms with van der Waals surface area (Å²) in [5, 5.41) is 0. The molecular weight excluding hydrogens is 180 g/mol. The van der Waals surface area contributed by atoms with E-state index in [-0.39, 0.29) is 18.1 Å². The predicted molar refractivity (Wildman–Crippen MR) is 54.6 cm³/mol. The summed E-state index contributed by atoms with van der Waals surface area (Å²) in [4.78, 5) is 10.5. The molecule has 1 fully saturated rings. The van der Waals surface area contributed by atoms with Gasteiger partial charge in [-0.25, -0.2) is 0 Å². The normalized spacial score (nSPS) is 28.4. The summed E-state index contributed by atoms with van der Waals surface area (Å²) in [5.41, 5.74) is 11.0. The number of hydrogen-bond acceptors (Lipinski definition) is 3. The highest BCUT2D eigenvalue weighted by atomic mass is 16.5. The summed E-state index contributed by atoms with van der Waals surface area (Å²) in [6.07, 6.45) is 6.07. The largest absolute Gasteiger partial charge is 0.376 e. The zero-order chi connectivity index (χ0) is 10.4. The lowest BCUT2D eigenvalue weighted by atomic mass is 10.1. The number of ether oxygens (including phenoxy) is 1. The first-order valence-corrected chi connectivity index (χ1v) is 5.35. The van der Waals surface area contributed by atoms with Gasteiger partial charge in [-0.1, -0.05) is 19.3 Å². The number of hydrogen-bond donors (Lipinski definition) is 2. The van der Waals surface area contributed by atoms with Crippen LogP contribution in [0.1, 0.15) is 38.5 Å². The van der Waals surface area contributed by atoms with Crippen LogP contribution in [-0.4, -0.2) is 24.7 Å². The van der Waals surface area contributed by atoms with Crippen LogP contribution in [-0.2, 0) is 9.53 Å². The van der Waals surface area contributed by atoms with Gasteiger partial charge in [-0.2, -0.15) is 0 Å². The Morgan fingerprint density at radius 2 is 2.00 bits per heavy atom. The van der Waals surface area contributed by atoms with Gasteiger partial charge in [0.05, 0.1) is 12.7 Å². The molecule has 0 aliphatic heterocycles. The minimum atomic E-state index is -0.313. The van der Waals surface area contributed by atoms with Crippen LogP contribution in [0, 0.1) is 0 Å². The molecule has 82 valence electrons. The van der Waals surface area contributed by atoms with Crippen LogP contribution >= 0.6 is 0 Å². The Hall–Kier alpha value is -0.610. The molecule has 1 rings (SSSR count). The fraction of sp³-hybridized carbons (Fsp3) is 0.900. The first-order chi connectivity index (χ1) is 6.70. The highest BCUT2D eigenvalue weighted by Crippen LogP contribution is 2.19. The van der Waals surface area contributed by atoms with E-state index in [0.29, 0.717) is 13.0 Å². The lowest BCUT2D eigenvalue weighted by Crippen LogP contribution is -2.36. The van der Waals surface area contributed by atoms with E-state index >= 15 is 0 Å². The molecule has 0 bridgehead atoms. The first kappa shape index (κ1) is 11.5. The second-order valence-electron chi connectivity index (χ2n) is 3.93. The molecule has 0 radical (unpaired) electrons. The van der Waals surface area contributed by atoms with Crippen LogP contribution in [0.25, 0.3) is 0 Å². The summed E-state index contributed by atoms with van der Waals surface area (Å²) in [6.45, 7) is 0.410. The molecule has 1 aliphatic carbocycles. The van der Waals surface area contributed by atoms with E-state index in [1.54, 1.807) is 0 Å². The fourth-order valence-corrected chi connectivity index (χ4v) is 1.82. The second kappa shape index (κ2) is 5.98. The third kappa shape index (κ3) is 4.07. The van der Waals surface area contributed by atoms with E-state index in [0.717, 1.165) is 12.8 Å². The van der Waals surface area contributed by atoms with Gasteiger partial charge in [0, 0.05) is 12.5 Å². The molecule has 14 heavy (non-hydrogen) atoms. The number of nitrogens with two attached hydrogens (primary N) is 2. The average Bonchev–Trinajstić information content (AvgIpc) is 2.31. The summed E-state index contributed by atoms with van der Waals surface area (Å²) in [5.74, 6) is -0.313. The van der Waals surface area contributed by atoms with Crippen LogP contribution < -0.4 is 11.5 Å². The zero-order valence-electron chi connectivity index (χ0n) is 8.58. The maximum atomic E-state index is 10.5. The summed E-state index contributed by atoms with van der Waals surface area (Å²) < 4.78 is 5.56. The summed E-state index contributed by atoms with van der Waals surface area (Å²) >= 11 is 0. The van der Waals surface area contributed by atoms with E-state index < -0.39 is 0 Å². The maximum Gasteiger partial charge on any atom is 0.219 e. The Morgan fingerprint density at radius 3 is 2.71 bits per heavy atom. The van der Waals surface area contributed by atoms with Crippen molar-refractivity contribution in [2.24, 2.45) is 11.5 Å². The summed E-state index contributed by atoms with van der Waals surface area (Å²) in [7, 11) is 0. The smallest absolute Gasteiger partial charge is 0.219 e. The Kier molecular flexibility index (Phi) is 4.90. The van der Waals surface area contributed by atoms with E-state index in [1.165, 1.54) is 19.3 Å². The van der Waals surface area contributed by atoms with Crippen molar-refractivity contribution in [3.63, 3.8) is 0 Å². The van der Waals surface area contributed by atoms with Crippen molar-refractivity contribution in [1.29, 1.82) is 0 Å². The summed E-state index contributed by atoms with van der Waals surface area (Å²) in [6, 6.07) is 0.130. The van der Waals surface area contributed by atoms with Crippen LogP contribution in [0.2, 0.25) is 0 Å². The number of carbonyl (C=O) groups excluding carboxylic acids is 1. The molecule has 0 aromatic carbocycles. The molecule has 1 amide bonds. The standard InChI is InChI=1S/C10H20N2O2/c11-8-4-2-1-3-5-9(8)14-7-6-10(12)13/h8-9H,1-7,11H2,(H2,12,13). The van der Waals surface area contributed by atoms with Gasteiger partial charge in [0.1, 0.15) is 0 Å². The molecule has 4 heteroatoms. The number of amides is 1. The second-order valence-corrected chi connectivity index (χ2v) is 3.93. The molecule has 4 nitrogen and oxygen atoms in total. The minimum Gasteiger partial charge on any atom is -0.376 e. The quantitative estimate of drug-likeness (QED) is 0.650. The Balaban J connectivity index is 2.22. The highest BCUT2D eigenvalue weighted by Gasteiger charge is 2.20. The SMILES string of the molecule is NC(=O)CCOC1CCCCCC1N. The van der Waals surface area contributed by atoms with E-state index in [9.17, 15) is 4.79 Å². The van der Waals surface area contributed by atoms with Crippen molar-refractivity contribution in [3.05, 3.63) is 0 Å². The van der Waals surface area contributed by atoms with E-state index in [2.05, 4.69) is 0 Å². The van der Waals surface area contributed by atoms with Crippen LogP contribution in [0.3, 0.4) is 0 Å². The van der Waals surface area contributed by atoms with Crippen molar-refractivity contribution in [1.82, 2.24) is 0 Å². The molecule has 1 aliphatic rings. The average molecular weight is 200 g/mol. The lowest BCUT2D eigenvalue weighted by Gasteiger charge is -2.21. The minimum absolute atomic E-state index is 0.122. The molecule has 4 N–H and O–H groups in total. The first-order valence-electron chi connectivity index (χ1n) is 5.35.